The summed E-state index contributed by atoms with van der Waals surface area (Å²) in [5, 5.41) is 0.870. The van der Waals surface area contributed by atoms with Gasteiger partial charge in [0.05, 0.1) is 36.5 Å². The fourth-order valence-corrected chi connectivity index (χ4v) is 5.02. The Morgan fingerprint density at radius 2 is 1.96 bits per heavy atom. The van der Waals surface area contributed by atoms with Crippen molar-refractivity contribution in [2.45, 2.75) is 32.1 Å². The van der Waals surface area contributed by atoms with E-state index in [2.05, 4.69) is 6.07 Å². The molecule has 0 unspecified atom stereocenters. The number of carbonyl (C=O) groups excluding carboxylic acids is 1. The Bertz CT molecular complexity index is 702. The highest BCUT2D eigenvalue weighted by molar-refractivity contribution is 7.22. The molecule has 1 aromatic heterocycles. The largest absolute Gasteiger partial charge is 0.370 e. The number of carbonyl (C=O) groups is 1. The van der Waals surface area contributed by atoms with Gasteiger partial charge in [-0.2, -0.15) is 0 Å². The number of benzene rings is 1. The first-order valence-corrected chi connectivity index (χ1v) is 10.7. The number of nitrogens with one attached hydrogen (secondary N) is 1. The van der Waals surface area contributed by atoms with Gasteiger partial charge in [-0.3, -0.25) is 9.69 Å². The molecule has 0 radical (unpaired) electrons. The molecule has 2 aliphatic rings. The number of anilines is 1. The van der Waals surface area contributed by atoms with Crippen LogP contribution >= 0.6 is 11.3 Å². The SMILES string of the molecule is O=C(C1CCCCC1)N(CC[NH+]1CCOCC1)c1nc2ccccc2s1. The predicted molar refractivity (Wildman–Crippen MR) is 105 cm³/mol. The van der Waals surface area contributed by atoms with Gasteiger partial charge in [-0.15, -0.1) is 0 Å². The summed E-state index contributed by atoms with van der Waals surface area (Å²) in [7, 11) is 0. The van der Waals surface area contributed by atoms with Gasteiger partial charge in [-0.05, 0) is 25.0 Å². The van der Waals surface area contributed by atoms with Crippen molar-refractivity contribution < 1.29 is 14.4 Å². The first kappa shape index (κ1) is 17.9. The van der Waals surface area contributed by atoms with Crippen LogP contribution in [0, 0.1) is 5.92 Å². The predicted octanol–water partition coefficient (Wildman–Crippen LogP) is 2.12. The number of rotatable bonds is 5. The Labute approximate surface area is 159 Å². The zero-order valence-corrected chi connectivity index (χ0v) is 16.1. The third-order valence-corrected chi connectivity index (χ3v) is 6.68. The highest BCUT2D eigenvalue weighted by Crippen LogP contribution is 2.32. The molecule has 1 N–H and O–H groups in total. The second kappa shape index (κ2) is 8.46. The molecule has 6 heteroatoms. The molecule has 0 bridgehead atoms. The highest BCUT2D eigenvalue weighted by Gasteiger charge is 2.29. The van der Waals surface area contributed by atoms with Gasteiger partial charge in [0.2, 0.25) is 5.91 Å². The second-order valence-corrected chi connectivity index (χ2v) is 8.41. The van der Waals surface area contributed by atoms with Gasteiger partial charge < -0.3 is 9.64 Å². The molecule has 2 heterocycles. The molecule has 4 rings (SSSR count). The minimum absolute atomic E-state index is 0.176. The molecule has 0 atom stereocenters. The molecule has 26 heavy (non-hydrogen) atoms. The summed E-state index contributed by atoms with van der Waals surface area (Å²) in [5.74, 6) is 0.465. The number of para-hydroxylation sites is 1. The Morgan fingerprint density at radius 1 is 1.19 bits per heavy atom. The Kier molecular flexibility index (Phi) is 5.82. The summed E-state index contributed by atoms with van der Waals surface area (Å²) in [6.07, 6.45) is 5.69. The molecule has 2 fully saturated rings. The van der Waals surface area contributed by atoms with Crippen molar-refractivity contribution in [3.05, 3.63) is 24.3 Å². The van der Waals surface area contributed by atoms with Gasteiger partial charge in [-0.25, -0.2) is 4.98 Å². The van der Waals surface area contributed by atoms with Crippen LogP contribution in [-0.2, 0) is 9.53 Å². The van der Waals surface area contributed by atoms with E-state index in [0.29, 0.717) is 0 Å². The first-order chi connectivity index (χ1) is 12.8. The van der Waals surface area contributed by atoms with E-state index >= 15 is 0 Å². The normalized spacial score (nSPS) is 19.7. The third kappa shape index (κ3) is 4.08. The van der Waals surface area contributed by atoms with E-state index in [0.717, 1.165) is 67.6 Å². The summed E-state index contributed by atoms with van der Waals surface area (Å²) >= 11 is 1.64. The van der Waals surface area contributed by atoms with Crippen LogP contribution in [-0.4, -0.2) is 50.3 Å². The van der Waals surface area contributed by atoms with Crippen molar-refractivity contribution in [1.82, 2.24) is 4.98 Å². The van der Waals surface area contributed by atoms with Crippen molar-refractivity contribution in [2.75, 3.05) is 44.3 Å². The lowest BCUT2D eigenvalue weighted by Crippen LogP contribution is -3.14. The average Bonchev–Trinajstić information content (AvgIpc) is 3.13. The van der Waals surface area contributed by atoms with E-state index in [-0.39, 0.29) is 11.8 Å². The minimum Gasteiger partial charge on any atom is -0.370 e. The van der Waals surface area contributed by atoms with Crippen molar-refractivity contribution in [2.24, 2.45) is 5.92 Å². The van der Waals surface area contributed by atoms with E-state index in [1.165, 1.54) is 24.2 Å². The van der Waals surface area contributed by atoms with Crippen LogP contribution in [0.5, 0.6) is 0 Å². The molecule has 1 aromatic carbocycles. The lowest BCUT2D eigenvalue weighted by molar-refractivity contribution is -0.906. The molecule has 5 nitrogen and oxygen atoms in total. The van der Waals surface area contributed by atoms with Gasteiger partial charge in [0.25, 0.3) is 0 Å². The van der Waals surface area contributed by atoms with Crippen LogP contribution in [0.4, 0.5) is 5.13 Å². The number of amides is 1. The molecule has 1 saturated heterocycles. The van der Waals surface area contributed by atoms with Gasteiger partial charge in [-0.1, -0.05) is 42.7 Å². The van der Waals surface area contributed by atoms with Crippen LogP contribution in [0.2, 0.25) is 0 Å². The van der Waals surface area contributed by atoms with Crippen LogP contribution in [0.25, 0.3) is 10.2 Å². The number of hydrogen-bond donors (Lipinski definition) is 1. The second-order valence-electron chi connectivity index (χ2n) is 7.40. The molecular weight excluding hydrogens is 346 g/mol. The Morgan fingerprint density at radius 3 is 2.73 bits per heavy atom. The zero-order chi connectivity index (χ0) is 17.8. The van der Waals surface area contributed by atoms with Crippen LogP contribution in [0.1, 0.15) is 32.1 Å². The summed E-state index contributed by atoms with van der Waals surface area (Å²) in [4.78, 5) is 21.6. The van der Waals surface area contributed by atoms with E-state index in [9.17, 15) is 4.79 Å². The number of morpholine rings is 1. The third-order valence-electron chi connectivity index (χ3n) is 5.62. The van der Waals surface area contributed by atoms with Crippen LogP contribution < -0.4 is 9.80 Å². The fourth-order valence-electron chi connectivity index (χ4n) is 4.03. The molecular formula is C20H28N3O2S+. The van der Waals surface area contributed by atoms with Crippen LogP contribution in [0.15, 0.2) is 24.3 Å². The topological polar surface area (TPSA) is 46.9 Å². The quantitative estimate of drug-likeness (QED) is 0.872. The standard InChI is InChI=1S/C20H27N3O2S/c24-19(16-6-2-1-3-7-16)23(11-10-22-12-14-25-15-13-22)20-21-17-8-4-5-9-18(17)26-20/h4-5,8-9,16H,1-3,6-7,10-15H2/p+1. The molecule has 1 amide bonds. The minimum atomic E-state index is 0.176. The van der Waals surface area contributed by atoms with Crippen molar-refractivity contribution in [1.29, 1.82) is 0 Å². The lowest BCUT2D eigenvalue weighted by Gasteiger charge is -2.30. The monoisotopic (exact) mass is 374 g/mol. The van der Waals surface area contributed by atoms with Crippen molar-refractivity contribution in [3.63, 3.8) is 0 Å². The fraction of sp³-hybridized carbons (Fsp3) is 0.600. The van der Waals surface area contributed by atoms with E-state index in [1.54, 1.807) is 11.3 Å². The van der Waals surface area contributed by atoms with Crippen LogP contribution in [0.3, 0.4) is 0 Å². The summed E-state index contributed by atoms with van der Waals surface area (Å²) in [6.45, 7) is 5.44. The summed E-state index contributed by atoms with van der Waals surface area (Å²) in [5.41, 5.74) is 0.993. The van der Waals surface area contributed by atoms with E-state index in [1.807, 2.05) is 23.1 Å². The molecule has 0 spiro atoms. The number of fused-ring (bicyclic) bond motifs is 1. The molecule has 2 aromatic rings. The average molecular weight is 375 g/mol. The number of aromatic nitrogens is 1. The number of ether oxygens (including phenoxy) is 1. The van der Waals surface area contributed by atoms with Crippen molar-refractivity contribution in [3.8, 4) is 0 Å². The maximum atomic E-state index is 13.3. The molecule has 1 aliphatic heterocycles. The zero-order valence-electron chi connectivity index (χ0n) is 15.3. The van der Waals surface area contributed by atoms with Gasteiger partial charge in [0.1, 0.15) is 13.1 Å². The Hall–Kier alpha value is -1.50. The molecule has 1 aliphatic carbocycles. The first-order valence-electron chi connectivity index (χ1n) is 9.89. The summed E-state index contributed by atoms with van der Waals surface area (Å²) < 4.78 is 6.62. The summed E-state index contributed by atoms with van der Waals surface area (Å²) in [6, 6.07) is 8.17. The maximum Gasteiger partial charge on any atom is 0.232 e. The van der Waals surface area contributed by atoms with E-state index in [4.69, 9.17) is 9.72 Å². The highest BCUT2D eigenvalue weighted by atomic mass is 32.1. The number of thiazole rings is 1. The maximum absolute atomic E-state index is 13.3. The number of hydrogen-bond acceptors (Lipinski definition) is 4. The van der Waals surface area contributed by atoms with Gasteiger partial charge >= 0.3 is 0 Å². The van der Waals surface area contributed by atoms with Gasteiger partial charge in [0, 0.05) is 5.92 Å². The van der Waals surface area contributed by atoms with Crippen molar-refractivity contribution >= 4 is 32.6 Å². The Balaban J connectivity index is 1.54. The number of quaternary nitrogens is 1. The smallest absolute Gasteiger partial charge is 0.232 e. The lowest BCUT2D eigenvalue weighted by atomic mass is 9.88. The number of nitrogens with zero attached hydrogens (tertiary/aromatic N) is 2. The molecule has 1 saturated carbocycles. The van der Waals surface area contributed by atoms with Gasteiger partial charge in [0.15, 0.2) is 5.13 Å². The van der Waals surface area contributed by atoms with E-state index < -0.39 is 0 Å². The molecule has 140 valence electrons.